The van der Waals surface area contributed by atoms with Crippen LogP contribution < -0.4 is 5.32 Å². The molecule has 1 unspecified atom stereocenters. The minimum atomic E-state index is -0.0834. The molecule has 0 spiro atoms. The normalized spacial score (nSPS) is 16.9. The maximum absolute atomic E-state index is 11.9. The predicted octanol–water partition coefficient (Wildman–Crippen LogP) is 1.34. The Morgan fingerprint density at radius 3 is 3.00 bits per heavy atom. The van der Waals surface area contributed by atoms with Crippen LogP contribution in [0.2, 0.25) is 0 Å². The topological polar surface area (TPSA) is 82.8 Å². The van der Waals surface area contributed by atoms with E-state index >= 15 is 0 Å². The first-order valence-corrected chi connectivity index (χ1v) is 8.36. The van der Waals surface area contributed by atoms with Crippen LogP contribution in [0, 0.1) is 5.92 Å². The largest absolute Gasteiger partial charge is 0.469 e. The lowest BCUT2D eigenvalue weighted by atomic mass is 10.1. The van der Waals surface area contributed by atoms with Crippen molar-refractivity contribution in [3.05, 3.63) is 24.2 Å². The molecule has 0 saturated carbocycles. The average molecular weight is 322 g/mol. The summed E-state index contributed by atoms with van der Waals surface area (Å²) < 4.78 is 5.26. The molecule has 1 saturated heterocycles. The van der Waals surface area contributed by atoms with Crippen LogP contribution in [-0.4, -0.2) is 48.1 Å². The van der Waals surface area contributed by atoms with Gasteiger partial charge in [0.05, 0.1) is 6.26 Å². The lowest BCUT2D eigenvalue weighted by Crippen LogP contribution is -2.36. The van der Waals surface area contributed by atoms with Gasteiger partial charge in [-0.1, -0.05) is 6.42 Å². The number of aliphatic hydroxyl groups is 1. The van der Waals surface area contributed by atoms with Gasteiger partial charge in [-0.3, -0.25) is 9.59 Å². The molecule has 1 aliphatic rings. The summed E-state index contributed by atoms with van der Waals surface area (Å²) in [4.78, 5) is 25.6. The maximum atomic E-state index is 11.9. The number of likely N-dealkylation sites (tertiary alicyclic amines) is 1. The number of hydrogen-bond acceptors (Lipinski definition) is 4. The van der Waals surface area contributed by atoms with Gasteiger partial charge < -0.3 is 19.7 Å². The Morgan fingerprint density at radius 1 is 1.39 bits per heavy atom. The van der Waals surface area contributed by atoms with Crippen LogP contribution in [0.5, 0.6) is 0 Å². The summed E-state index contributed by atoms with van der Waals surface area (Å²) in [6.45, 7) is 1.63. The van der Waals surface area contributed by atoms with E-state index < -0.39 is 0 Å². The minimum Gasteiger partial charge on any atom is -0.469 e. The molecule has 2 rings (SSSR count). The van der Waals surface area contributed by atoms with Crippen molar-refractivity contribution in [1.82, 2.24) is 10.2 Å². The van der Waals surface area contributed by atoms with E-state index in [0.717, 1.165) is 31.6 Å². The molecule has 1 atom stereocenters. The highest BCUT2D eigenvalue weighted by Gasteiger charge is 2.18. The Labute approximate surface area is 136 Å². The summed E-state index contributed by atoms with van der Waals surface area (Å²) in [6.07, 6.45) is 6.14. The summed E-state index contributed by atoms with van der Waals surface area (Å²) in [5.41, 5.74) is 0. The van der Waals surface area contributed by atoms with E-state index in [2.05, 4.69) is 5.32 Å². The molecule has 0 bridgehead atoms. The number of amides is 2. The van der Waals surface area contributed by atoms with Crippen molar-refractivity contribution < 1.29 is 19.1 Å². The van der Waals surface area contributed by atoms with E-state index in [9.17, 15) is 14.7 Å². The molecule has 23 heavy (non-hydrogen) atoms. The molecule has 2 amide bonds. The molecule has 0 aliphatic carbocycles. The zero-order valence-corrected chi connectivity index (χ0v) is 13.5. The minimum absolute atomic E-state index is 0.00834. The van der Waals surface area contributed by atoms with Crippen molar-refractivity contribution in [1.29, 1.82) is 0 Å². The molecule has 2 heterocycles. The van der Waals surface area contributed by atoms with Crippen LogP contribution in [0.3, 0.4) is 0 Å². The molecule has 128 valence electrons. The van der Waals surface area contributed by atoms with Gasteiger partial charge in [0.1, 0.15) is 5.76 Å². The van der Waals surface area contributed by atoms with Crippen LogP contribution in [0.25, 0.3) is 0 Å². The molecule has 1 aliphatic heterocycles. The van der Waals surface area contributed by atoms with Crippen LogP contribution in [0.1, 0.15) is 37.9 Å². The smallest absolute Gasteiger partial charge is 0.222 e. The van der Waals surface area contributed by atoms with Crippen molar-refractivity contribution in [3.63, 3.8) is 0 Å². The number of carbonyl (C=O) groups excluding carboxylic acids is 2. The number of furan rings is 1. The Bertz CT molecular complexity index is 487. The quantitative estimate of drug-likeness (QED) is 0.756. The highest BCUT2D eigenvalue weighted by atomic mass is 16.3. The summed E-state index contributed by atoms with van der Waals surface area (Å²) in [6, 6.07) is 3.66. The first-order valence-electron chi connectivity index (χ1n) is 8.36. The van der Waals surface area contributed by atoms with E-state index in [-0.39, 0.29) is 24.3 Å². The van der Waals surface area contributed by atoms with Gasteiger partial charge in [-0.25, -0.2) is 0 Å². The molecular weight excluding hydrogens is 296 g/mol. The SMILES string of the molecule is O=C(CCN1CCCCCC1=O)NCC(CO)Cc1ccco1. The molecule has 1 fully saturated rings. The molecule has 1 aromatic heterocycles. The molecule has 6 heteroatoms. The Kier molecular flexibility index (Phi) is 7.13. The molecule has 6 nitrogen and oxygen atoms in total. The van der Waals surface area contributed by atoms with E-state index in [0.29, 0.717) is 32.4 Å². The van der Waals surface area contributed by atoms with Crippen molar-refractivity contribution >= 4 is 11.8 Å². The second-order valence-corrected chi connectivity index (χ2v) is 6.08. The molecule has 0 aromatic carbocycles. The van der Waals surface area contributed by atoms with Gasteiger partial charge in [0.15, 0.2) is 0 Å². The van der Waals surface area contributed by atoms with E-state index in [4.69, 9.17) is 4.42 Å². The number of aliphatic hydroxyl groups excluding tert-OH is 1. The number of nitrogens with zero attached hydrogens (tertiary/aromatic N) is 1. The highest BCUT2D eigenvalue weighted by molar-refractivity contribution is 5.79. The molecular formula is C17H26N2O4. The van der Waals surface area contributed by atoms with Crippen molar-refractivity contribution in [2.45, 2.75) is 38.5 Å². The van der Waals surface area contributed by atoms with Crippen LogP contribution in [0.15, 0.2) is 22.8 Å². The lowest BCUT2D eigenvalue weighted by molar-refractivity contribution is -0.131. The van der Waals surface area contributed by atoms with E-state index in [1.54, 1.807) is 17.2 Å². The van der Waals surface area contributed by atoms with Gasteiger partial charge in [0.2, 0.25) is 11.8 Å². The summed E-state index contributed by atoms with van der Waals surface area (Å²) in [5.74, 6) is 0.805. The second kappa shape index (κ2) is 9.35. The van der Waals surface area contributed by atoms with Crippen LogP contribution in [-0.2, 0) is 16.0 Å². The summed E-state index contributed by atoms with van der Waals surface area (Å²) >= 11 is 0. The average Bonchev–Trinajstić information content (AvgIpc) is 2.98. The third-order valence-electron chi connectivity index (χ3n) is 4.20. The number of carbonyl (C=O) groups is 2. The summed E-state index contributed by atoms with van der Waals surface area (Å²) in [5, 5.41) is 12.2. The zero-order valence-electron chi connectivity index (χ0n) is 13.5. The third kappa shape index (κ3) is 6.06. The van der Waals surface area contributed by atoms with Gasteiger partial charge in [-0.2, -0.15) is 0 Å². The van der Waals surface area contributed by atoms with Crippen LogP contribution >= 0.6 is 0 Å². The van der Waals surface area contributed by atoms with E-state index in [1.165, 1.54) is 0 Å². The van der Waals surface area contributed by atoms with Crippen molar-refractivity contribution in [2.24, 2.45) is 5.92 Å². The van der Waals surface area contributed by atoms with Crippen molar-refractivity contribution in [3.8, 4) is 0 Å². The highest BCUT2D eigenvalue weighted by Crippen LogP contribution is 2.11. The standard InChI is InChI=1S/C17H26N2O4/c20-13-14(11-15-5-4-10-23-15)12-18-16(21)7-9-19-8-3-1-2-6-17(19)22/h4-5,10,14,20H,1-3,6-9,11-13H2,(H,18,21). The Morgan fingerprint density at radius 2 is 2.26 bits per heavy atom. The van der Waals surface area contributed by atoms with Gasteiger partial charge in [0, 0.05) is 51.4 Å². The predicted molar refractivity (Wildman–Crippen MR) is 85.7 cm³/mol. The number of hydrogen-bond donors (Lipinski definition) is 2. The first-order chi connectivity index (χ1) is 11.2. The fraction of sp³-hybridized carbons (Fsp3) is 0.647. The summed E-state index contributed by atoms with van der Waals surface area (Å²) in [7, 11) is 0. The van der Waals surface area contributed by atoms with Crippen LogP contribution in [0.4, 0.5) is 0 Å². The number of rotatable bonds is 8. The zero-order chi connectivity index (χ0) is 16.5. The monoisotopic (exact) mass is 322 g/mol. The molecule has 2 N–H and O–H groups in total. The van der Waals surface area contributed by atoms with Crippen molar-refractivity contribution in [2.75, 3.05) is 26.2 Å². The lowest BCUT2D eigenvalue weighted by Gasteiger charge is -2.20. The van der Waals surface area contributed by atoms with Gasteiger partial charge in [0.25, 0.3) is 0 Å². The van der Waals surface area contributed by atoms with E-state index in [1.807, 2.05) is 6.07 Å². The van der Waals surface area contributed by atoms with Gasteiger partial charge >= 0.3 is 0 Å². The maximum Gasteiger partial charge on any atom is 0.222 e. The van der Waals surface area contributed by atoms with Gasteiger partial charge in [-0.15, -0.1) is 0 Å². The third-order valence-corrected chi connectivity index (χ3v) is 4.20. The molecule has 1 aromatic rings. The fourth-order valence-corrected chi connectivity index (χ4v) is 2.77. The molecule has 0 radical (unpaired) electrons. The first kappa shape index (κ1) is 17.5. The second-order valence-electron chi connectivity index (χ2n) is 6.08. The Hall–Kier alpha value is -1.82. The fourth-order valence-electron chi connectivity index (χ4n) is 2.77. The Balaban J connectivity index is 1.68. The van der Waals surface area contributed by atoms with Gasteiger partial charge in [-0.05, 0) is 25.0 Å². The number of nitrogens with one attached hydrogen (secondary N) is 1.